The van der Waals surface area contributed by atoms with E-state index in [4.69, 9.17) is 104 Å². The van der Waals surface area contributed by atoms with Gasteiger partial charge in [-0.25, -0.2) is 0 Å². The van der Waals surface area contributed by atoms with Crippen LogP contribution in [0, 0.1) is 16.7 Å². The number of alkyl halides is 9. The van der Waals surface area contributed by atoms with Crippen LogP contribution in [0.25, 0.3) is 0 Å². The molecule has 0 nitrogen and oxygen atoms in total. The highest BCUT2D eigenvalue weighted by Gasteiger charge is 2.82. The van der Waals surface area contributed by atoms with Crippen molar-refractivity contribution in [3.63, 3.8) is 0 Å². The van der Waals surface area contributed by atoms with E-state index in [0.717, 1.165) is 0 Å². The molecule has 0 aromatic rings. The Balaban J connectivity index is 2.72. The Morgan fingerprint density at radius 2 is 1.21 bits per heavy atom. The smallest absolute Gasteiger partial charge is 0.117 e. The van der Waals surface area contributed by atoms with Crippen molar-refractivity contribution in [2.24, 2.45) is 16.7 Å². The Bertz CT molecular complexity index is 343. The van der Waals surface area contributed by atoms with E-state index in [0.29, 0.717) is 0 Å². The molecular weight excluding hydrogens is 439 g/mol. The van der Waals surface area contributed by atoms with Gasteiger partial charge in [0.1, 0.15) is 9.67 Å². The van der Waals surface area contributed by atoms with Crippen LogP contribution in [0.15, 0.2) is 0 Å². The molecule has 2 saturated carbocycles. The van der Waals surface area contributed by atoms with E-state index in [2.05, 4.69) is 0 Å². The van der Waals surface area contributed by atoms with Gasteiger partial charge in [-0.05, 0) is 0 Å². The van der Waals surface area contributed by atoms with Crippen molar-refractivity contribution in [3.05, 3.63) is 0 Å². The molecule has 0 saturated heterocycles. The molecule has 2 bridgehead atoms. The van der Waals surface area contributed by atoms with Crippen molar-refractivity contribution in [2.75, 3.05) is 5.88 Å². The van der Waals surface area contributed by atoms with E-state index in [1.54, 1.807) is 0 Å². The highest BCUT2D eigenvalue weighted by Crippen LogP contribution is 2.76. The summed E-state index contributed by atoms with van der Waals surface area (Å²) in [6.07, 6.45) is 0. The fourth-order valence-electron chi connectivity index (χ4n) is 3.63. The summed E-state index contributed by atoms with van der Waals surface area (Å²) >= 11 is 56.7. The van der Waals surface area contributed by atoms with Crippen molar-refractivity contribution in [3.8, 4) is 0 Å². The molecule has 112 valence electrons. The molecule has 2 aliphatic carbocycles. The molecule has 0 amide bonds. The second-order valence-corrected chi connectivity index (χ2v) is 9.33. The van der Waals surface area contributed by atoms with Crippen molar-refractivity contribution in [1.29, 1.82) is 0 Å². The van der Waals surface area contributed by atoms with Gasteiger partial charge in [-0.15, -0.1) is 104 Å². The van der Waals surface area contributed by atoms with Crippen molar-refractivity contribution >= 4 is 104 Å². The third-order valence-electron chi connectivity index (χ3n) is 4.53. The van der Waals surface area contributed by atoms with Crippen molar-refractivity contribution < 1.29 is 0 Å². The van der Waals surface area contributed by atoms with E-state index < -0.39 is 42.0 Å². The van der Waals surface area contributed by atoms with Gasteiger partial charge < -0.3 is 0 Å². The molecule has 19 heavy (non-hydrogen) atoms. The fourth-order valence-corrected chi connectivity index (χ4v) is 8.95. The predicted octanol–water partition coefficient (Wildman–Crippen LogP) is 5.88. The van der Waals surface area contributed by atoms with Crippen molar-refractivity contribution in [1.82, 2.24) is 0 Å². The summed E-state index contributed by atoms with van der Waals surface area (Å²) in [4.78, 5) is -1.82. The topological polar surface area (TPSA) is 0 Å². The Kier molecular flexibility index (Phi) is 5.59. The zero-order valence-electron chi connectivity index (χ0n) is 9.15. The lowest BCUT2D eigenvalue weighted by Gasteiger charge is -2.47. The Morgan fingerprint density at radius 3 is 1.42 bits per heavy atom. The van der Waals surface area contributed by atoms with Gasteiger partial charge in [-0.2, -0.15) is 0 Å². The summed E-state index contributed by atoms with van der Waals surface area (Å²) in [5, 5.41) is -2.23. The number of rotatable bonds is 3. The maximum absolute atomic E-state index is 6.46. The fraction of sp³-hybridized carbons (Fsp3) is 1.00. The van der Waals surface area contributed by atoms with Crippen LogP contribution in [0.2, 0.25) is 0 Å². The highest BCUT2D eigenvalue weighted by molar-refractivity contribution is 6.49. The largest absolute Gasteiger partial charge is 0.126 e. The Hall–Kier alpha value is 2.61. The third kappa shape index (κ3) is 1.94. The van der Waals surface area contributed by atoms with Gasteiger partial charge in [-0.1, -0.05) is 0 Å². The molecule has 9 heteroatoms. The molecule has 0 aliphatic heterocycles. The summed E-state index contributed by atoms with van der Waals surface area (Å²) in [6.45, 7) is 0. The molecule has 0 heterocycles. The van der Waals surface area contributed by atoms with E-state index in [1.807, 2.05) is 0 Å². The third-order valence-corrected chi connectivity index (χ3v) is 9.04. The molecule has 0 aromatic carbocycles. The van der Waals surface area contributed by atoms with Crippen molar-refractivity contribution in [2.45, 2.75) is 31.2 Å². The van der Waals surface area contributed by atoms with Gasteiger partial charge in [0, 0.05) is 22.6 Å². The molecule has 2 fully saturated rings. The minimum absolute atomic E-state index is 0.0736. The van der Waals surface area contributed by atoms with E-state index >= 15 is 0 Å². The molecular formula is C10H9Cl9. The normalized spacial score (nSPS) is 53.5. The standard InChI is InChI=1S/C10H9Cl9/c11-1-9(7(16)17)2-3(12)5(14)10(9,8(18)19)6(15)4(2)13/h2-8H,1H2/t2?,3-,4-,5-,6+,9?,10?/m0/s1. The molecule has 0 spiro atoms. The van der Waals surface area contributed by atoms with Gasteiger partial charge in [0.15, 0.2) is 0 Å². The number of halogens is 9. The zero-order valence-corrected chi connectivity index (χ0v) is 16.0. The zero-order chi connectivity index (χ0) is 14.7. The maximum atomic E-state index is 6.46. The summed E-state index contributed by atoms with van der Waals surface area (Å²) < 4.78 is 0. The summed E-state index contributed by atoms with van der Waals surface area (Å²) in [7, 11) is 0. The minimum atomic E-state index is -1.04. The SMILES string of the molecule is ClCC1(C(Cl)Cl)C2[C@H](Cl)[C@@H](Cl)C1(C(Cl)Cl)[C@@H](Cl)[C@H]2Cl. The summed E-state index contributed by atoms with van der Waals surface area (Å²) in [6, 6.07) is 0. The molecule has 0 aromatic heterocycles. The van der Waals surface area contributed by atoms with Gasteiger partial charge in [0.2, 0.25) is 0 Å². The minimum Gasteiger partial charge on any atom is -0.126 e. The van der Waals surface area contributed by atoms with Crippen LogP contribution in [0.4, 0.5) is 0 Å². The molecule has 2 rings (SSSR count). The molecule has 0 radical (unpaired) electrons. The maximum Gasteiger partial charge on any atom is 0.117 e. The van der Waals surface area contributed by atoms with Crippen LogP contribution >= 0.6 is 104 Å². The van der Waals surface area contributed by atoms with Gasteiger partial charge in [0.05, 0.1) is 21.5 Å². The monoisotopic (exact) mass is 444 g/mol. The van der Waals surface area contributed by atoms with Crippen LogP contribution in [0.3, 0.4) is 0 Å². The predicted molar refractivity (Wildman–Crippen MR) is 88.6 cm³/mol. The molecule has 7 atom stereocenters. The number of hydrogen-bond acceptors (Lipinski definition) is 0. The molecule has 2 aliphatic rings. The summed E-state index contributed by atoms with van der Waals surface area (Å²) in [5.74, 6) is -0.289. The first-order chi connectivity index (χ1) is 8.71. The van der Waals surface area contributed by atoms with E-state index in [1.165, 1.54) is 0 Å². The first-order valence-electron chi connectivity index (χ1n) is 5.39. The highest BCUT2D eigenvalue weighted by atomic mass is 35.5. The Morgan fingerprint density at radius 1 is 0.789 bits per heavy atom. The van der Waals surface area contributed by atoms with Crippen LogP contribution in [-0.4, -0.2) is 37.1 Å². The number of hydrogen-bond donors (Lipinski definition) is 0. The van der Waals surface area contributed by atoms with Crippen LogP contribution in [-0.2, 0) is 0 Å². The molecule has 3 unspecified atom stereocenters. The average molecular weight is 448 g/mol. The lowest BCUT2D eigenvalue weighted by Crippen LogP contribution is -2.55. The average Bonchev–Trinajstić information content (AvgIpc) is 2.66. The summed E-state index contributed by atoms with van der Waals surface area (Å²) in [5.41, 5.74) is -1.97. The van der Waals surface area contributed by atoms with Crippen LogP contribution < -0.4 is 0 Å². The lowest BCUT2D eigenvalue weighted by atomic mass is 9.69. The first-order valence-corrected chi connectivity index (χ1v) is 9.42. The van der Waals surface area contributed by atoms with E-state index in [-0.39, 0.29) is 11.8 Å². The quantitative estimate of drug-likeness (QED) is 0.474. The van der Waals surface area contributed by atoms with Crippen LogP contribution in [0.5, 0.6) is 0 Å². The second kappa shape index (κ2) is 5.91. The van der Waals surface area contributed by atoms with E-state index in [9.17, 15) is 0 Å². The second-order valence-electron chi connectivity index (χ2n) is 4.93. The Labute approximate surface area is 157 Å². The lowest BCUT2D eigenvalue weighted by molar-refractivity contribution is 0.147. The van der Waals surface area contributed by atoms with Gasteiger partial charge in [-0.3, -0.25) is 0 Å². The van der Waals surface area contributed by atoms with Crippen LogP contribution in [0.1, 0.15) is 0 Å². The first kappa shape index (κ1) is 18.0. The number of fused-ring (bicyclic) bond motifs is 2. The molecule has 0 N–H and O–H groups in total. The van der Waals surface area contributed by atoms with Gasteiger partial charge in [0.25, 0.3) is 0 Å². The van der Waals surface area contributed by atoms with Gasteiger partial charge >= 0.3 is 0 Å².